The second kappa shape index (κ2) is 9.53. The van der Waals surface area contributed by atoms with Gasteiger partial charge in [0, 0.05) is 39.0 Å². The first-order valence-electron chi connectivity index (χ1n) is 9.75. The molecule has 2 aromatic carbocycles. The number of nitrogens with one attached hydrogen (secondary N) is 1. The Labute approximate surface area is 188 Å². The molecule has 7 heteroatoms. The number of benzene rings is 2. The highest BCUT2D eigenvalue weighted by atomic mass is 79.9. The monoisotopic (exact) mass is 484 g/mol. The lowest BCUT2D eigenvalue weighted by molar-refractivity contribution is -0.121. The number of nitrogens with zero attached hydrogens (tertiary/aromatic N) is 1. The zero-order valence-corrected chi connectivity index (χ0v) is 18.6. The summed E-state index contributed by atoms with van der Waals surface area (Å²) in [6.45, 7) is 1.11. The molecule has 0 bridgehead atoms. The number of amides is 2. The molecule has 0 unspecified atom stereocenters. The Morgan fingerprint density at radius 2 is 1.60 bits per heavy atom. The van der Waals surface area contributed by atoms with Crippen molar-refractivity contribution in [2.75, 3.05) is 18.4 Å². The second-order valence-corrected chi connectivity index (χ2v) is 9.18. The SMILES string of the molecule is O=C(Nc1ccc(Sc2ccc(Br)cc2)cc1)C1CCN(C(=O)c2ccco2)CC1. The number of hydrogen-bond donors (Lipinski definition) is 1. The molecule has 0 atom stereocenters. The van der Waals surface area contributed by atoms with Crippen molar-refractivity contribution in [1.82, 2.24) is 4.90 Å². The molecule has 1 aliphatic heterocycles. The fourth-order valence-electron chi connectivity index (χ4n) is 3.39. The molecular weight excluding hydrogens is 464 g/mol. The summed E-state index contributed by atoms with van der Waals surface area (Å²) in [5.41, 5.74) is 0.786. The summed E-state index contributed by atoms with van der Waals surface area (Å²) >= 11 is 5.12. The van der Waals surface area contributed by atoms with Crippen molar-refractivity contribution in [3.8, 4) is 0 Å². The van der Waals surface area contributed by atoms with E-state index in [1.54, 1.807) is 28.8 Å². The molecule has 2 amide bonds. The molecule has 1 saturated heterocycles. The van der Waals surface area contributed by atoms with E-state index < -0.39 is 0 Å². The van der Waals surface area contributed by atoms with Gasteiger partial charge in [0.1, 0.15) is 0 Å². The summed E-state index contributed by atoms with van der Waals surface area (Å²) in [4.78, 5) is 29.0. The molecule has 30 heavy (non-hydrogen) atoms. The van der Waals surface area contributed by atoms with Crippen LogP contribution in [0, 0.1) is 5.92 Å². The van der Waals surface area contributed by atoms with Crippen LogP contribution in [0.2, 0.25) is 0 Å². The maximum absolute atomic E-state index is 12.6. The quantitative estimate of drug-likeness (QED) is 0.505. The Hall–Kier alpha value is -2.51. The van der Waals surface area contributed by atoms with Crippen LogP contribution in [0.4, 0.5) is 5.69 Å². The second-order valence-electron chi connectivity index (χ2n) is 7.11. The maximum Gasteiger partial charge on any atom is 0.289 e. The van der Waals surface area contributed by atoms with Gasteiger partial charge in [-0.25, -0.2) is 0 Å². The third kappa shape index (κ3) is 5.15. The van der Waals surface area contributed by atoms with Gasteiger partial charge < -0.3 is 14.6 Å². The van der Waals surface area contributed by atoms with Crippen molar-refractivity contribution < 1.29 is 14.0 Å². The van der Waals surface area contributed by atoms with E-state index in [0.717, 1.165) is 20.0 Å². The number of likely N-dealkylation sites (tertiary alicyclic amines) is 1. The lowest BCUT2D eigenvalue weighted by Crippen LogP contribution is -2.41. The number of carbonyl (C=O) groups excluding carboxylic acids is 2. The number of piperidine rings is 1. The van der Waals surface area contributed by atoms with Crippen LogP contribution in [0.25, 0.3) is 0 Å². The Bertz CT molecular complexity index is 996. The number of halogens is 1. The van der Waals surface area contributed by atoms with E-state index in [0.29, 0.717) is 31.7 Å². The third-order valence-corrected chi connectivity index (χ3v) is 6.60. The van der Waals surface area contributed by atoms with Gasteiger partial charge in [0.25, 0.3) is 5.91 Å². The van der Waals surface area contributed by atoms with Crippen LogP contribution in [-0.2, 0) is 4.79 Å². The summed E-state index contributed by atoms with van der Waals surface area (Å²) in [6, 6.07) is 19.4. The first-order valence-corrected chi connectivity index (χ1v) is 11.4. The Morgan fingerprint density at radius 3 is 2.20 bits per heavy atom. The standard InChI is InChI=1S/C23H21BrN2O3S/c24-17-3-7-19(8-4-17)30-20-9-5-18(6-10-20)25-22(27)16-11-13-26(14-12-16)23(28)21-2-1-15-29-21/h1-10,15-16H,11-14H2,(H,25,27). The summed E-state index contributed by atoms with van der Waals surface area (Å²) < 4.78 is 6.24. The van der Waals surface area contributed by atoms with Gasteiger partial charge in [0.05, 0.1) is 6.26 Å². The fourth-order valence-corrected chi connectivity index (χ4v) is 4.47. The number of anilines is 1. The fraction of sp³-hybridized carbons (Fsp3) is 0.217. The zero-order chi connectivity index (χ0) is 20.9. The Kier molecular flexibility index (Phi) is 6.59. The minimum atomic E-state index is -0.113. The Morgan fingerprint density at radius 1 is 0.967 bits per heavy atom. The van der Waals surface area contributed by atoms with E-state index in [2.05, 4.69) is 33.4 Å². The van der Waals surface area contributed by atoms with Crippen LogP contribution in [0.5, 0.6) is 0 Å². The molecule has 0 saturated carbocycles. The first kappa shape index (κ1) is 20.8. The molecule has 4 rings (SSSR count). The lowest BCUT2D eigenvalue weighted by Gasteiger charge is -2.30. The van der Waals surface area contributed by atoms with E-state index in [9.17, 15) is 9.59 Å². The van der Waals surface area contributed by atoms with Gasteiger partial charge in [-0.15, -0.1) is 0 Å². The van der Waals surface area contributed by atoms with E-state index in [4.69, 9.17) is 4.42 Å². The van der Waals surface area contributed by atoms with Gasteiger partial charge in [0.2, 0.25) is 5.91 Å². The van der Waals surface area contributed by atoms with Crippen molar-refractivity contribution in [1.29, 1.82) is 0 Å². The first-order chi connectivity index (χ1) is 14.6. The third-order valence-electron chi connectivity index (χ3n) is 5.06. The van der Waals surface area contributed by atoms with Crippen LogP contribution in [0.1, 0.15) is 23.4 Å². The van der Waals surface area contributed by atoms with E-state index in [1.165, 1.54) is 6.26 Å². The topological polar surface area (TPSA) is 62.6 Å². The largest absolute Gasteiger partial charge is 0.459 e. The van der Waals surface area contributed by atoms with Crippen molar-refractivity contribution in [3.05, 3.63) is 77.2 Å². The summed E-state index contributed by atoms with van der Waals surface area (Å²) in [7, 11) is 0. The molecule has 0 aliphatic carbocycles. The molecule has 1 fully saturated rings. The number of carbonyl (C=O) groups is 2. The molecule has 0 spiro atoms. The van der Waals surface area contributed by atoms with Gasteiger partial charge in [-0.3, -0.25) is 9.59 Å². The molecule has 154 valence electrons. The molecule has 5 nitrogen and oxygen atoms in total. The van der Waals surface area contributed by atoms with E-state index in [-0.39, 0.29) is 17.7 Å². The number of hydrogen-bond acceptors (Lipinski definition) is 4. The van der Waals surface area contributed by atoms with Crippen molar-refractivity contribution >= 4 is 45.2 Å². The van der Waals surface area contributed by atoms with Gasteiger partial charge in [-0.05, 0) is 73.5 Å². The minimum Gasteiger partial charge on any atom is -0.459 e. The molecule has 1 N–H and O–H groups in total. The van der Waals surface area contributed by atoms with Gasteiger partial charge >= 0.3 is 0 Å². The molecule has 2 heterocycles. The summed E-state index contributed by atoms with van der Waals surface area (Å²) in [5.74, 6) is 0.146. The Balaban J connectivity index is 1.28. The van der Waals surface area contributed by atoms with Crippen LogP contribution in [-0.4, -0.2) is 29.8 Å². The molecule has 0 radical (unpaired) electrons. The zero-order valence-electron chi connectivity index (χ0n) is 16.2. The van der Waals surface area contributed by atoms with Crippen LogP contribution in [0.3, 0.4) is 0 Å². The van der Waals surface area contributed by atoms with E-state index >= 15 is 0 Å². The summed E-state index contributed by atoms with van der Waals surface area (Å²) in [6.07, 6.45) is 2.79. The predicted octanol–water partition coefficient (Wildman–Crippen LogP) is 5.68. The molecule has 1 aliphatic rings. The van der Waals surface area contributed by atoms with Gasteiger partial charge in [0.15, 0.2) is 5.76 Å². The molecule has 1 aromatic heterocycles. The van der Waals surface area contributed by atoms with E-state index in [1.807, 2.05) is 36.4 Å². The average Bonchev–Trinajstić information content (AvgIpc) is 3.31. The van der Waals surface area contributed by atoms with Crippen molar-refractivity contribution in [3.63, 3.8) is 0 Å². The van der Waals surface area contributed by atoms with Crippen molar-refractivity contribution in [2.24, 2.45) is 5.92 Å². The van der Waals surface area contributed by atoms with Crippen LogP contribution >= 0.6 is 27.7 Å². The molecule has 3 aromatic rings. The van der Waals surface area contributed by atoms with Crippen molar-refractivity contribution in [2.45, 2.75) is 22.6 Å². The highest BCUT2D eigenvalue weighted by Crippen LogP contribution is 2.30. The molecular formula is C23H21BrN2O3S. The maximum atomic E-state index is 12.6. The normalized spacial score (nSPS) is 14.5. The van der Waals surface area contributed by atoms with Crippen LogP contribution < -0.4 is 5.32 Å². The number of rotatable bonds is 5. The van der Waals surface area contributed by atoms with Gasteiger partial charge in [-0.2, -0.15) is 0 Å². The average molecular weight is 485 g/mol. The smallest absolute Gasteiger partial charge is 0.289 e. The highest BCUT2D eigenvalue weighted by molar-refractivity contribution is 9.10. The van der Waals surface area contributed by atoms with Gasteiger partial charge in [-0.1, -0.05) is 27.7 Å². The van der Waals surface area contributed by atoms with Crippen LogP contribution in [0.15, 0.2) is 85.6 Å². The highest BCUT2D eigenvalue weighted by Gasteiger charge is 2.28. The minimum absolute atomic E-state index is 0.00779. The predicted molar refractivity (Wildman–Crippen MR) is 121 cm³/mol. The summed E-state index contributed by atoms with van der Waals surface area (Å²) in [5, 5.41) is 3.01. The lowest BCUT2D eigenvalue weighted by atomic mass is 9.95. The number of furan rings is 1.